The van der Waals surface area contributed by atoms with Crippen LogP contribution in [0.5, 0.6) is 5.75 Å². The van der Waals surface area contributed by atoms with Crippen molar-refractivity contribution in [2.75, 3.05) is 6.54 Å². The number of hydrogen-bond acceptors (Lipinski definition) is 6. The van der Waals surface area contributed by atoms with Crippen molar-refractivity contribution in [2.45, 2.75) is 13.3 Å². The zero-order chi connectivity index (χ0) is 18.4. The highest BCUT2D eigenvalue weighted by Crippen LogP contribution is 2.30. The Hall–Kier alpha value is -2.45. The molecule has 6 nitrogen and oxygen atoms in total. The Kier molecular flexibility index (Phi) is 6.49. The van der Waals surface area contributed by atoms with E-state index in [1.54, 1.807) is 49.4 Å². The van der Waals surface area contributed by atoms with Crippen LogP contribution in [0.3, 0.4) is 0 Å². The predicted molar refractivity (Wildman–Crippen MR) is 99.0 cm³/mol. The topological polar surface area (TPSA) is 83.9 Å². The number of thiocarbonyl (C=S) groups is 1. The summed E-state index contributed by atoms with van der Waals surface area (Å²) in [4.78, 5) is 35.4. The summed E-state index contributed by atoms with van der Waals surface area (Å²) in [5.41, 5.74) is 0.855. The van der Waals surface area contributed by atoms with Crippen LogP contribution in [0.25, 0.3) is 6.08 Å². The molecule has 0 aromatic heterocycles. The van der Waals surface area contributed by atoms with Crippen molar-refractivity contribution in [1.82, 2.24) is 4.90 Å². The molecule has 0 aliphatic carbocycles. The van der Waals surface area contributed by atoms with Gasteiger partial charge in [0.15, 0.2) is 0 Å². The minimum absolute atomic E-state index is 0.231. The zero-order valence-corrected chi connectivity index (χ0v) is 14.9. The number of amides is 1. The van der Waals surface area contributed by atoms with E-state index >= 15 is 0 Å². The molecule has 1 fully saturated rings. The third kappa shape index (κ3) is 5.27. The first-order valence-corrected chi connectivity index (χ1v) is 8.57. The Bertz CT molecular complexity index is 768. The van der Waals surface area contributed by atoms with Gasteiger partial charge in [0.25, 0.3) is 5.91 Å². The summed E-state index contributed by atoms with van der Waals surface area (Å²) in [5.74, 6) is -1.36. The Morgan fingerprint density at radius 1 is 1.32 bits per heavy atom. The van der Waals surface area contributed by atoms with Gasteiger partial charge in [-0.2, -0.15) is 0 Å². The summed E-state index contributed by atoms with van der Waals surface area (Å²) in [6, 6.07) is 6.91. The number of nitrogens with zero attached hydrogens (tertiary/aromatic N) is 1. The molecule has 0 bridgehead atoms. The van der Waals surface area contributed by atoms with Gasteiger partial charge in [0.1, 0.15) is 16.6 Å². The van der Waals surface area contributed by atoms with Gasteiger partial charge in [-0.3, -0.25) is 19.3 Å². The number of rotatable bonds is 6. The monoisotopic (exact) mass is 377 g/mol. The molecule has 8 heteroatoms. The molecule has 0 spiro atoms. The number of aliphatic carboxylic acids is 1. The molecule has 1 amide bonds. The van der Waals surface area contributed by atoms with Crippen molar-refractivity contribution in [3.63, 3.8) is 0 Å². The summed E-state index contributed by atoms with van der Waals surface area (Å²) < 4.78 is 5.31. The van der Waals surface area contributed by atoms with Crippen molar-refractivity contribution in [3.8, 4) is 5.75 Å². The van der Waals surface area contributed by atoms with Gasteiger partial charge in [-0.15, -0.1) is 0 Å². The zero-order valence-electron chi connectivity index (χ0n) is 13.3. The smallest absolute Gasteiger partial charge is 0.323 e. The third-order valence-electron chi connectivity index (χ3n) is 3.10. The Morgan fingerprint density at radius 3 is 2.60 bits per heavy atom. The van der Waals surface area contributed by atoms with Crippen molar-refractivity contribution in [1.29, 1.82) is 0 Å². The molecule has 0 radical (unpaired) electrons. The number of hydrogen-bond donors (Lipinski definition) is 1. The van der Waals surface area contributed by atoms with Gasteiger partial charge in [-0.1, -0.05) is 55.2 Å². The molecule has 1 heterocycles. The van der Waals surface area contributed by atoms with Crippen LogP contribution in [-0.4, -0.2) is 38.7 Å². The first-order valence-electron chi connectivity index (χ1n) is 7.35. The van der Waals surface area contributed by atoms with E-state index in [4.69, 9.17) is 22.1 Å². The molecular weight excluding hydrogens is 362 g/mol. The maximum atomic E-state index is 12.1. The summed E-state index contributed by atoms with van der Waals surface area (Å²) in [7, 11) is 0. The SMILES string of the molecule is CCC(=O)Oc1ccc(C=CC=C2SC(=S)N(CC(=O)O)C2=O)cc1. The molecule has 1 aromatic rings. The highest BCUT2D eigenvalue weighted by Gasteiger charge is 2.32. The number of carbonyl (C=O) groups is 3. The van der Waals surface area contributed by atoms with E-state index in [1.807, 2.05) is 0 Å². The molecular formula is C17H15NO5S2. The van der Waals surface area contributed by atoms with Crippen molar-refractivity contribution >= 4 is 52.2 Å². The lowest BCUT2D eigenvalue weighted by molar-refractivity contribution is -0.140. The number of carboxylic acid groups (broad SMARTS) is 1. The molecule has 1 N–H and O–H groups in total. The van der Waals surface area contributed by atoms with Crippen molar-refractivity contribution in [2.24, 2.45) is 0 Å². The second-order valence-electron chi connectivity index (χ2n) is 4.94. The van der Waals surface area contributed by atoms with Gasteiger partial charge in [-0.25, -0.2) is 0 Å². The van der Waals surface area contributed by atoms with Crippen molar-refractivity contribution in [3.05, 3.63) is 46.9 Å². The van der Waals surface area contributed by atoms with E-state index in [-0.39, 0.29) is 10.3 Å². The quantitative estimate of drug-likeness (QED) is 0.353. The van der Waals surface area contributed by atoms with E-state index in [0.717, 1.165) is 22.2 Å². The first kappa shape index (κ1) is 18.9. The van der Waals surface area contributed by atoms with Gasteiger partial charge < -0.3 is 9.84 Å². The van der Waals surface area contributed by atoms with Gasteiger partial charge in [0, 0.05) is 6.42 Å². The lowest BCUT2D eigenvalue weighted by Gasteiger charge is -2.09. The lowest BCUT2D eigenvalue weighted by Crippen LogP contribution is -2.33. The molecule has 130 valence electrons. The van der Waals surface area contributed by atoms with Crippen LogP contribution >= 0.6 is 24.0 Å². The minimum atomic E-state index is -1.11. The Labute approximate surface area is 154 Å². The average Bonchev–Trinajstić information content (AvgIpc) is 2.83. The van der Waals surface area contributed by atoms with Gasteiger partial charge in [0.05, 0.1) is 4.91 Å². The second kappa shape index (κ2) is 8.59. The number of esters is 1. The Morgan fingerprint density at radius 2 is 2.00 bits per heavy atom. The fourth-order valence-corrected chi connectivity index (χ4v) is 3.09. The van der Waals surface area contributed by atoms with E-state index in [9.17, 15) is 14.4 Å². The van der Waals surface area contributed by atoms with E-state index in [0.29, 0.717) is 17.1 Å². The fourth-order valence-electron chi connectivity index (χ4n) is 1.88. The summed E-state index contributed by atoms with van der Waals surface area (Å²) in [6.45, 7) is 1.28. The minimum Gasteiger partial charge on any atom is -0.480 e. The van der Waals surface area contributed by atoms with E-state index in [2.05, 4.69) is 0 Å². The van der Waals surface area contributed by atoms with Crippen LogP contribution < -0.4 is 4.74 Å². The second-order valence-corrected chi connectivity index (χ2v) is 6.62. The van der Waals surface area contributed by atoms with Gasteiger partial charge in [0.2, 0.25) is 0 Å². The largest absolute Gasteiger partial charge is 0.480 e. The third-order valence-corrected chi connectivity index (χ3v) is 4.50. The molecule has 1 aliphatic rings. The molecule has 1 aromatic carbocycles. The molecule has 1 saturated heterocycles. The number of thioether (sulfide) groups is 1. The van der Waals surface area contributed by atoms with Crippen LogP contribution in [0.2, 0.25) is 0 Å². The molecule has 0 atom stereocenters. The van der Waals surface area contributed by atoms with Crippen molar-refractivity contribution < 1.29 is 24.2 Å². The number of ether oxygens (including phenoxy) is 1. The lowest BCUT2D eigenvalue weighted by atomic mass is 10.2. The first-order chi connectivity index (χ1) is 11.9. The normalized spacial score (nSPS) is 16.0. The average molecular weight is 377 g/mol. The summed E-state index contributed by atoms with van der Waals surface area (Å²) >= 11 is 6.08. The van der Waals surface area contributed by atoms with Crippen LogP contribution in [0, 0.1) is 0 Å². The molecule has 25 heavy (non-hydrogen) atoms. The Balaban J connectivity index is 2.01. The predicted octanol–water partition coefficient (Wildman–Crippen LogP) is 2.84. The van der Waals surface area contributed by atoms with E-state index in [1.165, 1.54) is 0 Å². The highest BCUT2D eigenvalue weighted by atomic mass is 32.2. The summed E-state index contributed by atoms with van der Waals surface area (Å²) in [5, 5.41) is 8.79. The fraction of sp³-hybridized carbons (Fsp3) is 0.176. The van der Waals surface area contributed by atoms with Crippen LogP contribution in [0.15, 0.2) is 41.3 Å². The molecule has 1 aliphatic heterocycles. The summed E-state index contributed by atoms with van der Waals surface area (Å²) in [6.07, 6.45) is 5.35. The highest BCUT2D eigenvalue weighted by molar-refractivity contribution is 8.26. The number of allylic oxidation sites excluding steroid dienone is 2. The molecule has 2 rings (SSSR count). The standard InChI is InChI=1S/C17H15NO5S2/c1-2-15(21)23-12-8-6-11(7-9-12)4-3-5-13-16(22)18(10-14(19)20)17(24)25-13/h3-9H,2,10H2,1H3,(H,19,20). The molecule has 0 saturated carbocycles. The number of benzene rings is 1. The maximum Gasteiger partial charge on any atom is 0.323 e. The van der Waals surface area contributed by atoms with Crippen LogP contribution in [0.4, 0.5) is 0 Å². The molecule has 0 unspecified atom stereocenters. The number of carbonyl (C=O) groups excluding carboxylic acids is 2. The van der Waals surface area contributed by atoms with E-state index < -0.39 is 18.4 Å². The maximum absolute atomic E-state index is 12.1. The number of carboxylic acids is 1. The van der Waals surface area contributed by atoms with Crippen LogP contribution in [0.1, 0.15) is 18.9 Å². The van der Waals surface area contributed by atoms with Crippen LogP contribution in [-0.2, 0) is 14.4 Å². The van der Waals surface area contributed by atoms with Gasteiger partial charge >= 0.3 is 11.9 Å². The van der Waals surface area contributed by atoms with Gasteiger partial charge in [-0.05, 0) is 23.8 Å².